The number of esters is 1. The van der Waals surface area contributed by atoms with Gasteiger partial charge in [0, 0.05) is 13.1 Å². The summed E-state index contributed by atoms with van der Waals surface area (Å²) in [6, 6.07) is 12.9. The number of anilines is 1. The Balaban J connectivity index is 1.56. The molecule has 2 amide bonds. The van der Waals surface area contributed by atoms with Gasteiger partial charge in [0.2, 0.25) is 11.8 Å². The minimum Gasteiger partial charge on any atom is -0.427 e. The maximum Gasteiger partial charge on any atom is 0.308 e. The number of hydrogen-bond acceptors (Lipinski definition) is 6. The summed E-state index contributed by atoms with van der Waals surface area (Å²) in [5.41, 5.74) is 2.32. The van der Waals surface area contributed by atoms with Gasteiger partial charge in [0.1, 0.15) is 5.75 Å². The Hall–Kier alpha value is -3.74. The van der Waals surface area contributed by atoms with Gasteiger partial charge in [-0.1, -0.05) is 24.3 Å². The lowest BCUT2D eigenvalue weighted by atomic mass is 9.84. The smallest absolute Gasteiger partial charge is 0.308 e. The Morgan fingerprint density at radius 1 is 0.903 bits per heavy atom. The molecule has 2 aromatic rings. The van der Waals surface area contributed by atoms with Gasteiger partial charge in [-0.2, -0.15) is 0 Å². The van der Waals surface area contributed by atoms with Crippen LogP contribution >= 0.6 is 0 Å². The minimum absolute atomic E-state index is 0.144. The molecule has 0 aromatic heterocycles. The van der Waals surface area contributed by atoms with E-state index in [1.165, 1.54) is 18.7 Å². The molecule has 0 N–H and O–H groups in total. The number of rotatable bonds is 3. The van der Waals surface area contributed by atoms with Crippen molar-refractivity contribution in [3.8, 4) is 5.75 Å². The summed E-state index contributed by atoms with van der Waals surface area (Å²) in [5, 5.41) is 0. The lowest BCUT2D eigenvalue weighted by molar-refractivity contribution is -0.132. The Morgan fingerprint density at radius 2 is 1.58 bits per heavy atom. The summed E-state index contributed by atoms with van der Waals surface area (Å²) in [6.07, 6.45) is 3.75. The van der Waals surface area contributed by atoms with Crippen molar-refractivity contribution in [1.82, 2.24) is 4.90 Å². The molecule has 0 bridgehead atoms. The quantitative estimate of drug-likeness (QED) is 0.435. The van der Waals surface area contributed by atoms with E-state index in [0.717, 1.165) is 11.1 Å². The first-order valence-electron chi connectivity index (χ1n) is 10.1. The van der Waals surface area contributed by atoms with Crippen LogP contribution in [0, 0.1) is 11.8 Å². The molecule has 3 aliphatic heterocycles. The molecule has 7 heteroatoms. The molecule has 156 valence electrons. The largest absolute Gasteiger partial charge is 0.427 e. The van der Waals surface area contributed by atoms with E-state index in [2.05, 4.69) is 0 Å². The van der Waals surface area contributed by atoms with Crippen molar-refractivity contribution in [2.45, 2.75) is 25.9 Å². The van der Waals surface area contributed by atoms with E-state index in [4.69, 9.17) is 4.74 Å². The molecule has 2 fully saturated rings. The number of ether oxygens (including phenoxy) is 1. The molecule has 31 heavy (non-hydrogen) atoms. The van der Waals surface area contributed by atoms with Crippen molar-refractivity contribution >= 4 is 35.3 Å². The van der Waals surface area contributed by atoms with Crippen LogP contribution in [0.15, 0.2) is 54.7 Å². The number of imide groups is 1. The van der Waals surface area contributed by atoms with Gasteiger partial charge in [0.25, 0.3) is 0 Å². The molecule has 2 aromatic carbocycles. The van der Waals surface area contributed by atoms with E-state index in [1.807, 2.05) is 41.4 Å². The highest BCUT2D eigenvalue weighted by Crippen LogP contribution is 2.53. The van der Waals surface area contributed by atoms with Gasteiger partial charge in [-0.05, 0) is 48.4 Å². The fraction of sp³-hybridized carbons (Fsp3) is 0.250. The summed E-state index contributed by atoms with van der Waals surface area (Å²) in [4.78, 5) is 53.8. The summed E-state index contributed by atoms with van der Waals surface area (Å²) in [5.74, 6) is -2.37. The number of carbonyl (C=O) groups excluding carboxylic acids is 4. The SMILES string of the molecule is CC(=O)Oc1ccc(N2C(=O)[C@@H]3[C@H](C2=O)C2c4ccccc4C=CN2[C@@H]3C(C)=O)cc1. The first-order chi connectivity index (χ1) is 14.9. The third-order valence-electron chi connectivity index (χ3n) is 6.23. The van der Waals surface area contributed by atoms with Crippen LogP contribution in [-0.4, -0.2) is 34.5 Å². The third kappa shape index (κ3) is 2.80. The monoisotopic (exact) mass is 416 g/mol. The topological polar surface area (TPSA) is 84.0 Å². The van der Waals surface area contributed by atoms with Crippen molar-refractivity contribution in [2.24, 2.45) is 11.8 Å². The zero-order chi connectivity index (χ0) is 21.9. The lowest BCUT2D eigenvalue weighted by Gasteiger charge is -2.34. The van der Waals surface area contributed by atoms with Crippen LogP contribution in [-0.2, 0) is 19.2 Å². The van der Waals surface area contributed by atoms with Gasteiger partial charge in [-0.3, -0.25) is 19.2 Å². The molecule has 0 saturated carbocycles. The molecule has 0 spiro atoms. The Bertz CT molecular complexity index is 1150. The normalized spacial score (nSPS) is 25.9. The number of benzene rings is 2. The minimum atomic E-state index is -0.751. The van der Waals surface area contributed by atoms with Gasteiger partial charge in [-0.15, -0.1) is 0 Å². The summed E-state index contributed by atoms with van der Waals surface area (Å²) < 4.78 is 5.03. The average molecular weight is 416 g/mol. The zero-order valence-corrected chi connectivity index (χ0v) is 17.0. The molecular formula is C24H20N2O5. The molecule has 2 saturated heterocycles. The maximum atomic E-state index is 13.6. The van der Waals surface area contributed by atoms with E-state index in [9.17, 15) is 19.2 Å². The van der Waals surface area contributed by atoms with E-state index in [-0.39, 0.29) is 23.6 Å². The van der Waals surface area contributed by atoms with Crippen LogP contribution in [0.1, 0.15) is 31.0 Å². The highest BCUT2D eigenvalue weighted by molar-refractivity contribution is 6.24. The van der Waals surface area contributed by atoms with Gasteiger partial charge >= 0.3 is 5.97 Å². The molecule has 1 unspecified atom stereocenters. The standard InChI is InChI=1S/C24H20N2O5/c1-13(27)21-19-20(22-18-6-4-3-5-15(18)11-12-25(21)22)24(30)26(23(19)29)16-7-9-17(10-8-16)31-14(2)28/h3-12,19-22H,1-2H3/t19-,20+,21-,22?/m1/s1. The molecule has 5 rings (SSSR count). The molecule has 0 radical (unpaired) electrons. The van der Waals surface area contributed by atoms with Crippen molar-refractivity contribution in [1.29, 1.82) is 0 Å². The second-order valence-electron chi connectivity index (χ2n) is 8.04. The zero-order valence-electron chi connectivity index (χ0n) is 17.0. The van der Waals surface area contributed by atoms with Gasteiger partial charge in [0.15, 0.2) is 5.78 Å². The Kier molecular flexibility index (Phi) is 4.28. The van der Waals surface area contributed by atoms with Crippen molar-refractivity contribution in [3.63, 3.8) is 0 Å². The number of fused-ring (bicyclic) bond motifs is 5. The van der Waals surface area contributed by atoms with Crippen LogP contribution in [0.3, 0.4) is 0 Å². The van der Waals surface area contributed by atoms with E-state index >= 15 is 0 Å². The molecule has 3 heterocycles. The number of Topliss-reactive ketones (excluding diaryl/α,β-unsaturated/α-hetero) is 1. The fourth-order valence-electron chi connectivity index (χ4n) is 5.11. The maximum absolute atomic E-state index is 13.6. The van der Waals surface area contributed by atoms with Crippen molar-refractivity contribution in [3.05, 3.63) is 65.9 Å². The summed E-state index contributed by atoms with van der Waals surface area (Å²) in [7, 11) is 0. The highest BCUT2D eigenvalue weighted by Gasteiger charge is 2.63. The number of amides is 2. The number of carbonyl (C=O) groups is 4. The van der Waals surface area contributed by atoms with Crippen LogP contribution in [0.25, 0.3) is 6.08 Å². The molecule has 3 aliphatic rings. The predicted octanol–water partition coefficient (Wildman–Crippen LogP) is 2.72. The molecule has 0 aliphatic carbocycles. The third-order valence-corrected chi connectivity index (χ3v) is 6.23. The number of hydrogen-bond donors (Lipinski definition) is 0. The Morgan fingerprint density at radius 3 is 2.26 bits per heavy atom. The van der Waals surface area contributed by atoms with Gasteiger partial charge in [0.05, 0.1) is 29.6 Å². The number of ketones is 1. The lowest BCUT2D eigenvalue weighted by Crippen LogP contribution is -2.43. The molecule has 4 atom stereocenters. The van der Waals surface area contributed by atoms with Crippen molar-refractivity contribution < 1.29 is 23.9 Å². The van der Waals surface area contributed by atoms with E-state index < -0.39 is 23.8 Å². The van der Waals surface area contributed by atoms with Gasteiger partial charge < -0.3 is 9.64 Å². The average Bonchev–Trinajstić information content (AvgIpc) is 3.21. The van der Waals surface area contributed by atoms with Gasteiger partial charge in [-0.25, -0.2) is 4.90 Å². The summed E-state index contributed by atoms with van der Waals surface area (Å²) >= 11 is 0. The van der Waals surface area contributed by atoms with Crippen LogP contribution in [0.2, 0.25) is 0 Å². The van der Waals surface area contributed by atoms with Crippen LogP contribution in [0.4, 0.5) is 5.69 Å². The second-order valence-corrected chi connectivity index (χ2v) is 8.04. The molecular weight excluding hydrogens is 396 g/mol. The second kappa shape index (κ2) is 6.91. The van der Waals surface area contributed by atoms with E-state index in [0.29, 0.717) is 11.4 Å². The van der Waals surface area contributed by atoms with Crippen LogP contribution in [0.5, 0.6) is 5.75 Å². The van der Waals surface area contributed by atoms with Crippen molar-refractivity contribution in [2.75, 3.05) is 4.90 Å². The molecule has 7 nitrogen and oxygen atoms in total. The van der Waals surface area contributed by atoms with Crippen LogP contribution < -0.4 is 9.64 Å². The van der Waals surface area contributed by atoms with E-state index in [1.54, 1.807) is 24.3 Å². The first kappa shape index (κ1) is 19.2. The number of nitrogens with zero attached hydrogens (tertiary/aromatic N) is 2. The highest BCUT2D eigenvalue weighted by atomic mass is 16.5. The Labute approximate surface area is 178 Å². The first-order valence-corrected chi connectivity index (χ1v) is 10.1. The predicted molar refractivity (Wildman–Crippen MR) is 112 cm³/mol. The summed E-state index contributed by atoms with van der Waals surface area (Å²) in [6.45, 7) is 2.76. The fourth-order valence-corrected chi connectivity index (χ4v) is 5.11.